The Morgan fingerprint density at radius 1 is 1.38 bits per heavy atom. The van der Waals surface area contributed by atoms with Crippen LogP contribution in [-0.4, -0.2) is 23.6 Å². The predicted octanol–water partition coefficient (Wildman–Crippen LogP) is 0.555. The normalized spacial score (nSPS) is 15.5. The van der Waals surface area contributed by atoms with Crippen molar-refractivity contribution in [3.8, 4) is 0 Å². The van der Waals surface area contributed by atoms with Gasteiger partial charge in [-0.2, -0.15) is 0 Å². The smallest absolute Gasteiger partial charge is 0.249 e. The van der Waals surface area contributed by atoms with Crippen LogP contribution in [-0.2, 0) is 0 Å². The first-order valence-corrected chi connectivity index (χ1v) is 4.10. The number of nitrogens with zero attached hydrogens (tertiary/aromatic N) is 2. The average Bonchev–Trinajstić information content (AvgIpc) is 2.52. The summed E-state index contributed by atoms with van der Waals surface area (Å²) in [6.45, 7) is 0.778. The first kappa shape index (κ1) is 7.91. The van der Waals surface area contributed by atoms with Gasteiger partial charge in [0.1, 0.15) is 5.82 Å². The van der Waals surface area contributed by atoms with Gasteiger partial charge < -0.3 is 14.8 Å². The van der Waals surface area contributed by atoms with Crippen LogP contribution in [0.1, 0.15) is 0 Å². The zero-order valence-electron chi connectivity index (χ0n) is 7.40. The molecule has 4 heteroatoms. The van der Waals surface area contributed by atoms with E-state index in [0.717, 1.165) is 12.5 Å². The third-order valence-electron chi connectivity index (χ3n) is 1.94. The van der Waals surface area contributed by atoms with Crippen LogP contribution in [0.4, 0.5) is 5.82 Å². The van der Waals surface area contributed by atoms with Crippen LogP contribution < -0.4 is 10.5 Å². The lowest BCUT2D eigenvalue weighted by molar-refractivity contribution is 0.494. The minimum absolute atomic E-state index is 0.0690. The number of H-pyrrole nitrogens is 1. The van der Waals surface area contributed by atoms with Gasteiger partial charge in [0.15, 0.2) is 0 Å². The fourth-order valence-electron chi connectivity index (χ4n) is 1.29. The van der Waals surface area contributed by atoms with E-state index in [1.54, 1.807) is 6.07 Å². The van der Waals surface area contributed by atoms with Gasteiger partial charge in [-0.1, -0.05) is 6.07 Å². The molecule has 1 aromatic heterocycles. The highest BCUT2D eigenvalue weighted by Gasteiger charge is 2.10. The molecule has 1 aliphatic rings. The Morgan fingerprint density at radius 2 is 2.23 bits per heavy atom. The summed E-state index contributed by atoms with van der Waals surface area (Å²) in [7, 11) is 1.98. The zero-order valence-corrected chi connectivity index (χ0v) is 7.40. The van der Waals surface area contributed by atoms with E-state index in [1.807, 2.05) is 35.3 Å². The molecule has 2 heterocycles. The molecule has 0 saturated heterocycles. The Labute approximate surface area is 76.1 Å². The van der Waals surface area contributed by atoms with Crippen molar-refractivity contribution in [1.82, 2.24) is 9.88 Å². The second-order valence-corrected chi connectivity index (χ2v) is 3.07. The summed E-state index contributed by atoms with van der Waals surface area (Å²) in [6, 6.07) is 5.14. The largest absolute Gasteiger partial charge is 0.361 e. The Kier molecular flexibility index (Phi) is 1.81. The lowest BCUT2D eigenvalue weighted by Crippen LogP contribution is -2.24. The van der Waals surface area contributed by atoms with E-state index in [2.05, 4.69) is 4.98 Å². The van der Waals surface area contributed by atoms with Crippen LogP contribution in [0.3, 0.4) is 0 Å². The van der Waals surface area contributed by atoms with Gasteiger partial charge in [0.05, 0.1) is 6.67 Å². The summed E-state index contributed by atoms with van der Waals surface area (Å²) in [5, 5.41) is 0. The van der Waals surface area contributed by atoms with Crippen molar-refractivity contribution < 1.29 is 0 Å². The average molecular weight is 177 g/mol. The van der Waals surface area contributed by atoms with Gasteiger partial charge in [0.2, 0.25) is 5.56 Å². The molecule has 0 amide bonds. The number of pyridine rings is 1. The number of aromatic amines is 1. The number of anilines is 1. The van der Waals surface area contributed by atoms with E-state index in [4.69, 9.17) is 0 Å². The Balaban J connectivity index is 2.27. The molecule has 0 radical (unpaired) electrons. The Bertz CT molecular complexity index is 382. The third kappa shape index (κ3) is 1.56. The SMILES string of the molecule is CN1C=CN(c2cccc(=O)[nH]2)C1. The van der Waals surface area contributed by atoms with Crippen molar-refractivity contribution in [2.24, 2.45) is 0 Å². The molecule has 0 fully saturated rings. The predicted molar refractivity (Wildman–Crippen MR) is 51.3 cm³/mol. The van der Waals surface area contributed by atoms with Gasteiger partial charge >= 0.3 is 0 Å². The van der Waals surface area contributed by atoms with Gasteiger partial charge in [-0.3, -0.25) is 4.79 Å². The quantitative estimate of drug-likeness (QED) is 0.681. The fraction of sp³-hybridized carbons (Fsp3) is 0.222. The summed E-state index contributed by atoms with van der Waals surface area (Å²) < 4.78 is 0. The molecule has 0 aromatic carbocycles. The molecule has 1 aromatic rings. The van der Waals surface area contributed by atoms with Crippen molar-refractivity contribution in [2.45, 2.75) is 0 Å². The molecule has 1 aliphatic heterocycles. The maximum Gasteiger partial charge on any atom is 0.249 e. The molecular formula is C9H11N3O. The van der Waals surface area contributed by atoms with E-state index < -0.39 is 0 Å². The minimum atomic E-state index is -0.0690. The molecule has 0 atom stereocenters. The lowest BCUT2D eigenvalue weighted by Gasteiger charge is -2.17. The van der Waals surface area contributed by atoms with Crippen LogP contribution in [0, 0.1) is 0 Å². The molecule has 68 valence electrons. The van der Waals surface area contributed by atoms with E-state index in [-0.39, 0.29) is 5.56 Å². The molecule has 0 spiro atoms. The summed E-state index contributed by atoms with van der Waals surface area (Å²) in [4.78, 5) is 17.8. The topological polar surface area (TPSA) is 39.3 Å². The van der Waals surface area contributed by atoms with Crippen molar-refractivity contribution in [3.63, 3.8) is 0 Å². The van der Waals surface area contributed by atoms with Crippen molar-refractivity contribution >= 4 is 5.82 Å². The highest BCUT2D eigenvalue weighted by Crippen LogP contribution is 2.12. The number of hydrogen-bond acceptors (Lipinski definition) is 3. The summed E-state index contributed by atoms with van der Waals surface area (Å²) >= 11 is 0. The Morgan fingerprint density at radius 3 is 2.85 bits per heavy atom. The lowest BCUT2D eigenvalue weighted by atomic mass is 10.4. The van der Waals surface area contributed by atoms with Crippen LogP contribution in [0.2, 0.25) is 0 Å². The molecule has 2 rings (SSSR count). The first-order chi connectivity index (χ1) is 6.25. The van der Waals surface area contributed by atoms with Crippen LogP contribution in [0.25, 0.3) is 0 Å². The molecule has 4 nitrogen and oxygen atoms in total. The monoisotopic (exact) mass is 177 g/mol. The molecule has 0 saturated carbocycles. The number of nitrogens with one attached hydrogen (secondary N) is 1. The second-order valence-electron chi connectivity index (χ2n) is 3.07. The fourth-order valence-corrected chi connectivity index (χ4v) is 1.29. The van der Waals surface area contributed by atoms with Gasteiger partial charge in [-0.15, -0.1) is 0 Å². The van der Waals surface area contributed by atoms with Gasteiger partial charge in [-0.05, 0) is 6.07 Å². The van der Waals surface area contributed by atoms with Crippen LogP contribution >= 0.6 is 0 Å². The van der Waals surface area contributed by atoms with Gasteiger partial charge in [-0.25, -0.2) is 0 Å². The molecule has 0 unspecified atom stereocenters. The summed E-state index contributed by atoms with van der Waals surface area (Å²) in [6.07, 6.45) is 3.90. The number of aromatic nitrogens is 1. The maximum atomic E-state index is 11.0. The third-order valence-corrected chi connectivity index (χ3v) is 1.94. The molecule has 0 bridgehead atoms. The van der Waals surface area contributed by atoms with Crippen molar-refractivity contribution in [3.05, 3.63) is 41.0 Å². The van der Waals surface area contributed by atoms with Crippen molar-refractivity contribution in [2.75, 3.05) is 18.6 Å². The molecule has 13 heavy (non-hydrogen) atoms. The second kappa shape index (κ2) is 2.97. The first-order valence-electron chi connectivity index (χ1n) is 4.10. The number of rotatable bonds is 1. The summed E-state index contributed by atoms with van der Waals surface area (Å²) in [5.74, 6) is 0.827. The molecule has 0 aliphatic carbocycles. The number of hydrogen-bond donors (Lipinski definition) is 1. The van der Waals surface area contributed by atoms with E-state index in [1.165, 1.54) is 6.07 Å². The highest BCUT2D eigenvalue weighted by atomic mass is 16.1. The van der Waals surface area contributed by atoms with E-state index in [9.17, 15) is 4.79 Å². The molecular weight excluding hydrogens is 166 g/mol. The van der Waals surface area contributed by atoms with Gasteiger partial charge in [0, 0.05) is 25.5 Å². The van der Waals surface area contributed by atoms with Crippen LogP contribution in [0.15, 0.2) is 35.4 Å². The highest BCUT2D eigenvalue weighted by molar-refractivity contribution is 5.42. The zero-order chi connectivity index (χ0) is 9.26. The van der Waals surface area contributed by atoms with Gasteiger partial charge in [0.25, 0.3) is 0 Å². The Hall–Kier alpha value is -1.71. The summed E-state index contributed by atoms with van der Waals surface area (Å²) in [5.41, 5.74) is -0.0690. The van der Waals surface area contributed by atoms with E-state index in [0.29, 0.717) is 0 Å². The minimum Gasteiger partial charge on any atom is -0.361 e. The van der Waals surface area contributed by atoms with E-state index >= 15 is 0 Å². The van der Waals surface area contributed by atoms with Crippen LogP contribution in [0.5, 0.6) is 0 Å². The molecule has 1 N–H and O–H groups in total. The maximum absolute atomic E-state index is 11.0. The van der Waals surface area contributed by atoms with Crippen molar-refractivity contribution in [1.29, 1.82) is 0 Å². The standard InChI is InChI=1S/C9H11N3O/c1-11-5-6-12(7-11)8-3-2-4-9(13)10-8/h2-6H,7H2,1H3,(H,10,13).